The molecule has 1 unspecified atom stereocenters. The first-order valence-corrected chi connectivity index (χ1v) is 6.92. The molecule has 0 saturated heterocycles. The fourth-order valence-corrected chi connectivity index (χ4v) is 3.61. The largest absolute Gasteiger partial charge is 0.330 e. The molecule has 2 nitrogen and oxygen atoms in total. The fraction of sp³-hybridized carbons (Fsp3) is 0.500. The molecule has 0 radical (unpaired) electrons. The van der Waals surface area contributed by atoms with Crippen molar-refractivity contribution in [3.05, 3.63) is 29.8 Å². The van der Waals surface area contributed by atoms with Crippen LogP contribution in [0.4, 0.5) is 8.78 Å². The molecule has 1 saturated carbocycles. The normalized spacial score (nSPS) is 19.0. The van der Waals surface area contributed by atoms with Crippen LogP contribution in [0.2, 0.25) is 0 Å². The van der Waals surface area contributed by atoms with E-state index in [-0.39, 0.29) is 10.3 Å². The van der Waals surface area contributed by atoms with E-state index < -0.39 is 22.4 Å². The summed E-state index contributed by atoms with van der Waals surface area (Å²) in [7, 11) is -1.41. The minimum Gasteiger partial charge on any atom is -0.330 e. The van der Waals surface area contributed by atoms with E-state index in [2.05, 4.69) is 0 Å². The first kappa shape index (κ1) is 12.6. The molecule has 0 aromatic heterocycles. The third kappa shape index (κ3) is 2.90. The maximum atomic E-state index is 13.4. The van der Waals surface area contributed by atoms with Crippen molar-refractivity contribution in [2.45, 2.75) is 24.2 Å². The maximum Gasteiger partial charge on any atom is 0.142 e. The number of benzene rings is 1. The van der Waals surface area contributed by atoms with Crippen LogP contribution in [0.25, 0.3) is 0 Å². The average molecular weight is 259 g/mol. The number of rotatable bonds is 5. The third-order valence-corrected chi connectivity index (χ3v) is 4.90. The van der Waals surface area contributed by atoms with Gasteiger partial charge in [-0.2, -0.15) is 0 Å². The van der Waals surface area contributed by atoms with Gasteiger partial charge in [-0.25, -0.2) is 8.78 Å². The molecule has 0 aliphatic heterocycles. The summed E-state index contributed by atoms with van der Waals surface area (Å²) in [6.45, 7) is 0.559. The predicted octanol–water partition coefficient (Wildman–Crippen LogP) is 2.20. The van der Waals surface area contributed by atoms with Crippen LogP contribution in [0.3, 0.4) is 0 Å². The molecular weight excluding hydrogens is 244 g/mol. The van der Waals surface area contributed by atoms with Gasteiger partial charge in [0.15, 0.2) is 0 Å². The Labute approximate surface area is 102 Å². The van der Waals surface area contributed by atoms with E-state index >= 15 is 0 Å². The smallest absolute Gasteiger partial charge is 0.142 e. The zero-order chi connectivity index (χ0) is 12.5. The molecule has 1 aliphatic rings. The highest BCUT2D eigenvalue weighted by Gasteiger charge is 2.43. The standard InChI is InChI=1S/C12H15F2NOS/c13-9-1-2-11(10(14)7-9)17(16)8-12(3-4-12)5-6-15/h1-2,7H,3-6,8,15H2. The Morgan fingerprint density at radius 2 is 2.06 bits per heavy atom. The van der Waals surface area contributed by atoms with Gasteiger partial charge in [0, 0.05) is 11.8 Å². The Balaban J connectivity index is 2.10. The lowest BCUT2D eigenvalue weighted by atomic mass is 10.1. The van der Waals surface area contributed by atoms with Crippen molar-refractivity contribution >= 4 is 10.8 Å². The van der Waals surface area contributed by atoms with Gasteiger partial charge in [0.25, 0.3) is 0 Å². The van der Waals surface area contributed by atoms with E-state index in [9.17, 15) is 13.0 Å². The SMILES string of the molecule is NCCC1(CS(=O)c2ccc(F)cc2F)CC1. The Kier molecular flexibility index (Phi) is 3.58. The number of halogens is 2. The van der Waals surface area contributed by atoms with Crippen molar-refractivity contribution in [3.63, 3.8) is 0 Å². The summed E-state index contributed by atoms with van der Waals surface area (Å²) in [6, 6.07) is 3.17. The molecule has 0 heterocycles. The second-order valence-corrected chi connectivity index (χ2v) is 6.02. The van der Waals surface area contributed by atoms with Crippen LogP contribution in [0, 0.1) is 17.0 Å². The summed E-state index contributed by atoms with van der Waals surface area (Å²) in [4.78, 5) is 0.0923. The van der Waals surface area contributed by atoms with E-state index in [0.29, 0.717) is 12.3 Å². The Bertz CT molecular complexity index is 446. The molecule has 94 valence electrons. The summed E-state index contributed by atoms with van der Waals surface area (Å²) in [6.07, 6.45) is 2.82. The summed E-state index contributed by atoms with van der Waals surface area (Å²) < 4.78 is 38.2. The molecular formula is C12H15F2NOS. The molecule has 0 spiro atoms. The highest BCUT2D eigenvalue weighted by molar-refractivity contribution is 7.85. The van der Waals surface area contributed by atoms with Crippen molar-refractivity contribution in [1.82, 2.24) is 0 Å². The van der Waals surface area contributed by atoms with Crippen LogP contribution >= 0.6 is 0 Å². The second-order valence-electron chi connectivity index (χ2n) is 4.60. The molecule has 1 aliphatic carbocycles. The Morgan fingerprint density at radius 1 is 1.35 bits per heavy atom. The van der Waals surface area contributed by atoms with Gasteiger partial charge in [0.2, 0.25) is 0 Å². The van der Waals surface area contributed by atoms with Crippen molar-refractivity contribution in [3.8, 4) is 0 Å². The minimum absolute atomic E-state index is 0.0282. The first-order valence-electron chi connectivity index (χ1n) is 5.60. The molecule has 2 N–H and O–H groups in total. The zero-order valence-electron chi connectivity index (χ0n) is 9.42. The highest BCUT2D eigenvalue weighted by Crippen LogP contribution is 2.49. The van der Waals surface area contributed by atoms with Crippen molar-refractivity contribution in [2.24, 2.45) is 11.1 Å². The van der Waals surface area contributed by atoms with Crippen LogP contribution in [0.1, 0.15) is 19.3 Å². The van der Waals surface area contributed by atoms with E-state index in [1.165, 1.54) is 6.07 Å². The topological polar surface area (TPSA) is 43.1 Å². The molecule has 1 aromatic carbocycles. The zero-order valence-corrected chi connectivity index (χ0v) is 10.2. The second kappa shape index (κ2) is 4.82. The van der Waals surface area contributed by atoms with Crippen molar-refractivity contribution in [2.75, 3.05) is 12.3 Å². The first-order chi connectivity index (χ1) is 8.06. The molecule has 0 bridgehead atoms. The van der Waals surface area contributed by atoms with Gasteiger partial charge < -0.3 is 5.73 Å². The molecule has 1 fully saturated rings. The van der Waals surface area contributed by atoms with E-state index in [1.807, 2.05) is 0 Å². The van der Waals surface area contributed by atoms with E-state index in [4.69, 9.17) is 5.73 Å². The summed E-state index contributed by atoms with van der Waals surface area (Å²) in [5, 5.41) is 0. The van der Waals surface area contributed by atoms with Crippen LogP contribution in [0.15, 0.2) is 23.1 Å². The van der Waals surface area contributed by atoms with Crippen LogP contribution in [0.5, 0.6) is 0 Å². The third-order valence-electron chi connectivity index (χ3n) is 3.21. The Hall–Kier alpha value is -0.810. The number of hydrogen-bond acceptors (Lipinski definition) is 2. The fourth-order valence-electron chi connectivity index (χ4n) is 1.97. The molecule has 17 heavy (non-hydrogen) atoms. The van der Waals surface area contributed by atoms with Gasteiger partial charge in [0.05, 0.1) is 15.7 Å². The number of nitrogens with two attached hydrogens (primary N) is 1. The molecule has 0 amide bonds. The minimum atomic E-state index is -1.41. The quantitative estimate of drug-likeness (QED) is 0.881. The maximum absolute atomic E-state index is 13.4. The van der Waals surface area contributed by atoms with Gasteiger partial charge in [-0.05, 0) is 43.4 Å². The summed E-state index contributed by atoms with van der Waals surface area (Å²) in [5.74, 6) is -0.953. The molecule has 5 heteroatoms. The average Bonchev–Trinajstić information content (AvgIpc) is 2.97. The molecule has 1 atom stereocenters. The summed E-state index contributed by atoms with van der Waals surface area (Å²) >= 11 is 0. The van der Waals surface area contributed by atoms with E-state index in [0.717, 1.165) is 31.4 Å². The molecule has 1 aromatic rings. The van der Waals surface area contributed by atoms with Gasteiger partial charge in [-0.3, -0.25) is 4.21 Å². The Morgan fingerprint density at radius 3 is 2.59 bits per heavy atom. The van der Waals surface area contributed by atoms with Crippen molar-refractivity contribution in [1.29, 1.82) is 0 Å². The lowest BCUT2D eigenvalue weighted by Gasteiger charge is -2.13. The predicted molar refractivity (Wildman–Crippen MR) is 63.0 cm³/mol. The van der Waals surface area contributed by atoms with Crippen LogP contribution in [-0.4, -0.2) is 16.5 Å². The highest BCUT2D eigenvalue weighted by atomic mass is 32.2. The van der Waals surface area contributed by atoms with Gasteiger partial charge in [-0.1, -0.05) is 0 Å². The molecule has 2 rings (SSSR count). The van der Waals surface area contributed by atoms with Gasteiger partial charge in [0.1, 0.15) is 11.6 Å². The monoisotopic (exact) mass is 259 g/mol. The lowest BCUT2D eigenvalue weighted by molar-refractivity contribution is 0.525. The van der Waals surface area contributed by atoms with Crippen LogP contribution < -0.4 is 5.73 Å². The lowest BCUT2D eigenvalue weighted by Crippen LogP contribution is -2.17. The van der Waals surface area contributed by atoms with E-state index in [1.54, 1.807) is 0 Å². The van der Waals surface area contributed by atoms with Crippen molar-refractivity contribution < 1.29 is 13.0 Å². The van der Waals surface area contributed by atoms with Gasteiger partial charge in [-0.15, -0.1) is 0 Å². The number of hydrogen-bond donors (Lipinski definition) is 1. The van der Waals surface area contributed by atoms with Crippen LogP contribution in [-0.2, 0) is 10.8 Å². The van der Waals surface area contributed by atoms with Gasteiger partial charge >= 0.3 is 0 Å². The summed E-state index contributed by atoms with van der Waals surface area (Å²) in [5.41, 5.74) is 5.52.